The number of rotatable bonds is 5. The van der Waals surface area contributed by atoms with E-state index in [1.165, 1.54) is 12.8 Å². The molecule has 0 unspecified atom stereocenters. The predicted molar refractivity (Wildman–Crippen MR) is 92.6 cm³/mol. The third kappa shape index (κ3) is 3.55. The number of fused-ring (bicyclic) bond motifs is 1. The molecule has 1 amide bonds. The van der Waals surface area contributed by atoms with Crippen LogP contribution >= 0.6 is 0 Å². The van der Waals surface area contributed by atoms with Crippen LogP contribution in [-0.2, 0) is 14.3 Å². The van der Waals surface area contributed by atoms with E-state index < -0.39 is 0 Å². The molecule has 2 aliphatic carbocycles. The van der Waals surface area contributed by atoms with E-state index in [4.69, 9.17) is 9.47 Å². The van der Waals surface area contributed by atoms with Gasteiger partial charge < -0.3 is 14.4 Å². The molecule has 0 aromatic heterocycles. The highest BCUT2D eigenvalue weighted by Crippen LogP contribution is 2.41. The predicted octanol–water partition coefficient (Wildman–Crippen LogP) is 3.17. The van der Waals surface area contributed by atoms with Crippen LogP contribution in [-0.4, -0.2) is 49.8 Å². The van der Waals surface area contributed by atoms with Gasteiger partial charge >= 0.3 is 0 Å². The number of piperidine rings is 1. The topological polar surface area (TPSA) is 38.8 Å². The van der Waals surface area contributed by atoms with Crippen LogP contribution in [0.3, 0.4) is 0 Å². The van der Waals surface area contributed by atoms with Crippen molar-refractivity contribution in [3.05, 3.63) is 12.2 Å². The van der Waals surface area contributed by atoms with E-state index in [0.717, 1.165) is 77.4 Å². The van der Waals surface area contributed by atoms with E-state index >= 15 is 0 Å². The summed E-state index contributed by atoms with van der Waals surface area (Å²) in [6, 6.07) is 0. The Morgan fingerprint density at radius 1 is 1.25 bits per heavy atom. The smallest absolute Gasteiger partial charge is 0.226 e. The number of nitrogens with zero attached hydrogens (tertiary/aromatic N) is 1. The summed E-state index contributed by atoms with van der Waals surface area (Å²) in [5.74, 6) is 1.35. The first-order valence-corrected chi connectivity index (χ1v) is 9.90. The second kappa shape index (κ2) is 7.17. The molecule has 4 rings (SSSR count). The molecule has 0 N–H and O–H groups in total. The third-order valence-electron chi connectivity index (χ3n) is 6.36. The van der Waals surface area contributed by atoms with E-state index in [2.05, 4.69) is 17.1 Å². The number of allylic oxidation sites excluding steroid dienone is 2. The summed E-state index contributed by atoms with van der Waals surface area (Å²) in [6.07, 6.45) is 13.5. The average molecular weight is 333 g/mol. The molecule has 0 spiro atoms. The maximum Gasteiger partial charge on any atom is 0.226 e. The van der Waals surface area contributed by atoms with Gasteiger partial charge in [-0.2, -0.15) is 0 Å². The molecule has 4 nitrogen and oxygen atoms in total. The maximum atomic E-state index is 13.0. The molecule has 24 heavy (non-hydrogen) atoms. The fraction of sp³-hybridized carbons (Fsp3) is 0.850. The van der Waals surface area contributed by atoms with E-state index in [0.29, 0.717) is 5.91 Å². The number of amides is 1. The van der Waals surface area contributed by atoms with Crippen molar-refractivity contribution >= 4 is 5.91 Å². The molecule has 3 fully saturated rings. The lowest BCUT2D eigenvalue weighted by Gasteiger charge is -2.50. The summed E-state index contributed by atoms with van der Waals surface area (Å²) in [6.45, 7) is 4.23. The highest BCUT2D eigenvalue weighted by atomic mass is 16.5. The van der Waals surface area contributed by atoms with Crippen LogP contribution in [0.4, 0.5) is 0 Å². The first kappa shape index (κ1) is 16.6. The molecule has 0 aromatic rings. The maximum absolute atomic E-state index is 13.0. The normalized spacial score (nSPS) is 36.4. The van der Waals surface area contributed by atoms with Crippen LogP contribution in [0.5, 0.6) is 0 Å². The fourth-order valence-corrected chi connectivity index (χ4v) is 4.68. The lowest BCUT2D eigenvalue weighted by Crippen LogP contribution is -2.58. The molecule has 2 heterocycles. The Kier molecular flexibility index (Phi) is 4.95. The molecule has 0 aromatic carbocycles. The number of likely N-dealkylation sites (tertiary alicyclic amines) is 1. The molecule has 134 valence electrons. The minimum atomic E-state index is 0.0333. The van der Waals surface area contributed by atoms with Crippen LogP contribution in [0, 0.1) is 17.3 Å². The highest BCUT2D eigenvalue weighted by molar-refractivity contribution is 5.79. The van der Waals surface area contributed by atoms with Crippen LogP contribution < -0.4 is 0 Å². The summed E-state index contributed by atoms with van der Waals surface area (Å²) in [7, 11) is 0. The van der Waals surface area contributed by atoms with Gasteiger partial charge in [0.15, 0.2) is 0 Å². The monoisotopic (exact) mass is 333 g/mol. The molecule has 4 aliphatic rings. The molecule has 3 atom stereocenters. The Bertz CT molecular complexity index is 487. The quantitative estimate of drug-likeness (QED) is 0.726. The van der Waals surface area contributed by atoms with Crippen LogP contribution in [0.1, 0.15) is 51.4 Å². The zero-order valence-corrected chi connectivity index (χ0v) is 14.8. The van der Waals surface area contributed by atoms with Crippen molar-refractivity contribution in [3.63, 3.8) is 0 Å². The summed E-state index contributed by atoms with van der Waals surface area (Å²) in [5.41, 5.74) is 0.0333. The Hall–Kier alpha value is -0.870. The number of hydrogen-bond donors (Lipinski definition) is 0. The van der Waals surface area contributed by atoms with Crippen molar-refractivity contribution in [1.82, 2.24) is 4.90 Å². The molecule has 2 saturated heterocycles. The Morgan fingerprint density at radius 3 is 2.96 bits per heavy atom. The zero-order chi connectivity index (χ0) is 16.4. The molecular formula is C20H31NO3. The number of ether oxygens (including phenoxy) is 2. The van der Waals surface area contributed by atoms with Gasteiger partial charge in [-0.05, 0) is 57.3 Å². The SMILES string of the molecule is O=C([C@@H]1CC=CCC1)N1CC[C@@H]2OCCC[C@@]2(COCC2CC2)C1. The molecule has 1 saturated carbocycles. The number of hydrogen-bond acceptors (Lipinski definition) is 3. The molecule has 0 bridgehead atoms. The molecule has 2 aliphatic heterocycles. The fourth-order valence-electron chi connectivity index (χ4n) is 4.68. The molecule has 0 radical (unpaired) electrons. The standard InChI is InChI=1S/C20H31NO3/c22-19(17-5-2-1-3-6-17)21-11-9-18-20(14-21,10-4-12-24-18)15-23-13-16-7-8-16/h1-2,16-18H,3-15H2/t17-,18+,20+/m1/s1. The second-order valence-electron chi connectivity index (χ2n) is 8.31. The lowest BCUT2D eigenvalue weighted by molar-refractivity contribution is -0.167. The van der Waals surface area contributed by atoms with Crippen molar-refractivity contribution in [3.8, 4) is 0 Å². The van der Waals surface area contributed by atoms with Gasteiger partial charge in [-0.1, -0.05) is 12.2 Å². The lowest BCUT2D eigenvalue weighted by atomic mass is 9.72. The van der Waals surface area contributed by atoms with Gasteiger partial charge in [0.25, 0.3) is 0 Å². The molecule has 4 heteroatoms. The van der Waals surface area contributed by atoms with Crippen LogP contribution in [0.2, 0.25) is 0 Å². The van der Waals surface area contributed by atoms with E-state index in [9.17, 15) is 4.79 Å². The van der Waals surface area contributed by atoms with Gasteiger partial charge in [-0.25, -0.2) is 0 Å². The van der Waals surface area contributed by atoms with Gasteiger partial charge in [0, 0.05) is 37.6 Å². The number of carbonyl (C=O) groups is 1. The van der Waals surface area contributed by atoms with E-state index in [1.54, 1.807) is 0 Å². The first-order chi connectivity index (χ1) is 11.8. The van der Waals surface area contributed by atoms with Crippen LogP contribution in [0.15, 0.2) is 12.2 Å². The van der Waals surface area contributed by atoms with Crippen molar-refractivity contribution in [2.75, 3.05) is 32.9 Å². The van der Waals surface area contributed by atoms with Crippen molar-refractivity contribution in [1.29, 1.82) is 0 Å². The second-order valence-corrected chi connectivity index (χ2v) is 8.31. The van der Waals surface area contributed by atoms with E-state index in [1.807, 2.05) is 0 Å². The van der Waals surface area contributed by atoms with E-state index in [-0.39, 0.29) is 17.4 Å². The van der Waals surface area contributed by atoms with Gasteiger partial charge in [-0.15, -0.1) is 0 Å². The Morgan fingerprint density at radius 2 is 2.17 bits per heavy atom. The Balaban J connectivity index is 1.41. The van der Waals surface area contributed by atoms with Gasteiger partial charge in [0.2, 0.25) is 5.91 Å². The van der Waals surface area contributed by atoms with Crippen molar-refractivity contribution < 1.29 is 14.3 Å². The van der Waals surface area contributed by atoms with Gasteiger partial charge in [0.1, 0.15) is 0 Å². The zero-order valence-electron chi connectivity index (χ0n) is 14.8. The minimum absolute atomic E-state index is 0.0333. The summed E-state index contributed by atoms with van der Waals surface area (Å²) in [4.78, 5) is 15.1. The Labute approximate surface area is 145 Å². The summed E-state index contributed by atoms with van der Waals surface area (Å²) < 4.78 is 12.2. The van der Waals surface area contributed by atoms with Gasteiger partial charge in [-0.3, -0.25) is 4.79 Å². The van der Waals surface area contributed by atoms with Crippen molar-refractivity contribution in [2.24, 2.45) is 17.3 Å². The van der Waals surface area contributed by atoms with Crippen LogP contribution in [0.25, 0.3) is 0 Å². The average Bonchev–Trinajstić information content (AvgIpc) is 3.45. The number of carbonyl (C=O) groups excluding carboxylic acids is 1. The summed E-state index contributed by atoms with van der Waals surface area (Å²) >= 11 is 0. The first-order valence-electron chi connectivity index (χ1n) is 9.90. The van der Waals surface area contributed by atoms with Crippen molar-refractivity contribution in [2.45, 2.75) is 57.5 Å². The molecular weight excluding hydrogens is 302 g/mol. The third-order valence-corrected chi connectivity index (χ3v) is 6.36. The highest BCUT2D eigenvalue weighted by Gasteiger charge is 2.48. The largest absolute Gasteiger partial charge is 0.380 e. The summed E-state index contributed by atoms with van der Waals surface area (Å²) in [5, 5.41) is 0. The minimum Gasteiger partial charge on any atom is -0.380 e. The van der Waals surface area contributed by atoms with Gasteiger partial charge in [0.05, 0.1) is 12.7 Å².